The molecule has 2 N–H and O–H groups in total. The second kappa shape index (κ2) is 10.5. The Morgan fingerprint density at radius 3 is 2.50 bits per heavy atom. The van der Waals surface area contributed by atoms with Gasteiger partial charge in [0, 0.05) is 24.7 Å². The minimum Gasteiger partial charge on any atom is -0.490 e. The maximum absolute atomic E-state index is 12.3. The number of piperidine rings is 1. The van der Waals surface area contributed by atoms with Crippen molar-refractivity contribution in [3.8, 4) is 11.5 Å². The fourth-order valence-corrected chi connectivity index (χ4v) is 3.03. The normalized spacial score (nSPS) is 14.9. The number of hydrogen-bond donors (Lipinski definition) is 2. The van der Waals surface area contributed by atoms with E-state index in [1.165, 1.54) is 6.07 Å². The van der Waals surface area contributed by atoms with E-state index in [2.05, 4.69) is 5.32 Å². The van der Waals surface area contributed by atoms with E-state index < -0.39 is 17.9 Å². The summed E-state index contributed by atoms with van der Waals surface area (Å²) in [6.07, 6.45) is 3.01. The Labute approximate surface area is 164 Å². The number of rotatable bonds is 9. The van der Waals surface area contributed by atoms with Gasteiger partial charge >= 0.3 is 5.97 Å². The number of amides is 2. The lowest BCUT2D eigenvalue weighted by atomic mass is 10.1. The molecule has 2 rings (SSSR count). The summed E-state index contributed by atoms with van der Waals surface area (Å²) < 4.78 is 11.2. The monoisotopic (exact) mass is 392 g/mol. The molecule has 8 heteroatoms. The molecule has 1 fully saturated rings. The molecule has 0 spiro atoms. The lowest BCUT2D eigenvalue weighted by Gasteiger charge is -2.26. The summed E-state index contributed by atoms with van der Waals surface area (Å²) in [7, 11) is 0. The van der Waals surface area contributed by atoms with Crippen molar-refractivity contribution in [2.45, 2.75) is 45.6 Å². The molecule has 2 amide bonds. The van der Waals surface area contributed by atoms with Crippen LogP contribution < -0.4 is 14.8 Å². The number of benzene rings is 1. The number of carbonyl (C=O) groups excluding carboxylic acids is 2. The van der Waals surface area contributed by atoms with E-state index in [0.29, 0.717) is 23.7 Å². The first-order valence-corrected chi connectivity index (χ1v) is 9.60. The Bertz CT molecular complexity index is 700. The number of carboxylic acid groups (broad SMARTS) is 1. The molecule has 8 nitrogen and oxygen atoms in total. The van der Waals surface area contributed by atoms with Crippen LogP contribution in [-0.4, -0.2) is 60.1 Å². The minimum atomic E-state index is -0.982. The van der Waals surface area contributed by atoms with Gasteiger partial charge in [-0.25, -0.2) is 0 Å². The number of nitrogens with one attached hydrogen (secondary N) is 1. The quantitative estimate of drug-likeness (QED) is 0.667. The largest absolute Gasteiger partial charge is 0.490 e. The SMILES string of the molecule is CCOc1cc(C(=O)NC(C)CC(=O)O)ccc1OCC(=O)N1CCCCC1. The van der Waals surface area contributed by atoms with E-state index in [4.69, 9.17) is 14.6 Å². The second-order valence-electron chi connectivity index (χ2n) is 6.80. The van der Waals surface area contributed by atoms with E-state index in [-0.39, 0.29) is 18.9 Å². The maximum atomic E-state index is 12.3. The summed E-state index contributed by atoms with van der Waals surface area (Å²) in [5.74, 6) is -0.683. The van der Waals surface area contributed by atoms with Crippen LogP contribution in [0.1, 0.15) is 49.9 Å². The van der Waals surface area contributed by atoms with Crippen molar-refractivity contribution in [1.29, 1.82) is 0 Å². The summed E-state index contributed by atoms with van der Waals surface area (Å²) in [5, 5.41) is 11.4. The maximum Gasteiger partial charge on any atom is 0.305 e. The van der Waals surface area contributed by atoms with Gasteiger partial charge in [0.25, 0.3) is 11.8 Å². The molecule has 0 aromatic heterocycles. The Morgan fingerprint density at radius 1 is 1.14 bits per heavy atom. The van der Waals surface area contributed by atoms with Gasteiger partial charge < -0.3 is 24.8 Å². The standard InChI is InChI=1S/C20H28N2O6/c1-3-27-17-12-15(20(26)21-14(2)11-19(24)25)7-8-16(17)28-13-18(23)22-9-5-4-6-10-22/h7-8,12,14H,3-6,9-11,13H2,1-2H3,(H,21,26)(H,24,25). The highest BCUT2D eigenvalue weighted by atomic mass is 16.5. The van der Waals surface area contributed by atoms with Crippen LogP contribution in [-0.2, 0) is 9.59 Å². The molecular weight excluding hydrogens is 364 g/mol. The molecule has 1 aliphatic heterocycles. The van der Waals surface area contributed by atoms with Crippen molar-refractivity contribution >= 4 is 17.8 Å². The average Bonchev–Trinajstić information content (AvgIpc) is 2.66. The molecule has 1 unspecified atom stereocenters. The van der Waals surface area contributed by atoms with Gasteiger partial charge in [-0.05, 0) is 51.3 Å². The molecule has 0 aliphatic carbocycles. The molecule has 1 aromatic rings. The van der Waals surface area contributed by atoms with E-state index in [0.717, 1.165) is 32.4 Å². The molecule has 0 bridgehead atoms. The molecule has 0 radical (unpaired) electrons. The van der Waals surface area contributed by atoms with Crippen LogP contribution in [0, 0.1) is 0 Å². The lowest BCUT2D eigenvalue weighted by molar-refractivity contribution is -0.137. The van der Waals surface area contributed by atoms with Crippen molar-refractivity contribution in [2.24, 2.45) is 0 Å². The zero-order valence-corrected chi connectivity index (χ0v) is 16.4. The molecule has 1 heterocycles. The zero-order valence-electron chi connectivity index (χ0n) is 16.4. The van der Waals surface area contributed by atoms with Crippen LogP contribution in [0.25, 0.3) is 0 Å². The van der Waals surface area contributed by atoms with Gasteiger partial charge in [0.2, 0.25) is 0 Å². The van der Waals surface area contributed by atoms with Gasteiger partial charge in [-0.3, -0.25) is 14.4 Å². The van der Waals surface area contributed by atoms with Crippen LogP contribution in [0.5, 0.6) is 11.5 Å². The fourth-order valence-electron chi connectivity index (χ4n) is 3.03. The third kappa shape index (κ3) is 6.44. The topological polar surface area (TPSA) is 105 Å². The van der Waals surface area contributed by atoms with Crippen molar-refractivity contribution < 1.29 is 29.0 Å². The van der Waals surface area contributed by atoms with Crippen molar-refractivity contribution in [2.75, 3.05) is 26.3 Å². The van der Waals surface area contributed by atoms with Gasteiger partial charge in [0.1, 0.15) is 0 Å². The predicted molar refractivity (Wildman–Crippen MR) is 103 cm³/mol. The van der Waals surface area contributed by atoms with Gasteiger partial charge in [0.05, 0.1) is 13.0 Å². The lowest BCUT2D eigenvalue weighted by Crippen LogP contribution is -2.38. The molecule has 154 valence electrons. The average molecular weight is 392 g/mol. The van der Waals surface area contributed by atoms with Crippen molar-refractivity contribution in [3.05, 3.63) is 23.8 Å². The summed E-state index contributed by atoms with van der Waals surface area (Å²) in [5.41, 5.74) is 0.329. The third-order valence-corrected chi connectivity index (χ3v) is 4.42. The molecule has 1 atom stereocenters. The summed E-state index contributed by atoms with van der Waals surface area (Å²) in [6.45, 7) is 5.24. The second-order valence-corrected chi connectivity index (χ2v) is 6.80. The number of hydrogen-bond acceptors (Lipinski definition) is 5. The van der Waals surface area contributed by atoms with E-state index in [1.807, 2.05) is 6.92 Å². The van der Waals surface area contributed by atoms with Crippen LogP contribution >= 0.6 is 0 Å². The predicted octanol–water partition coefficient (Wildman–Crippen LogP) is 2.07. The Balaban J connectivity index is 2.01. The highest BCUT2D eigenvalue weighted by Gasteiger charge is 2.19. The third-order valence-electron chi connectivity index (χ3n) is 4.42. The molecule has 1 aromatic carbocycles. The summed E-state index contributed by atoms with van der Waals surface area (Å²) in [4.78, 5) is 37.1. The van der Waals surface area contributed by atoms with Gasteiger partial charge in [0.15, 0.2) is 18.1 Å². The molecule has 0 saturated carbocycles. The smallest absolute Gasteiger partial charge is 0.305 e. The molecule has 1 saturated heterocycles. The zero-order chi connectivity index (χ0) is 20.5. The van der Waals surface area contributed by atoms with Gasteiger partial charge in [-0.1, -0.05) is 0 Å². The van der Waals surface area contributed by atoms with Gasteiger partial charge in [-0.2, -0.15) is 0 Å². The number of carboxylic acids is 1. The number of carbonyl (C=O) groups is 3. The van der Waals surface area contributed by atoms with Gasteiger partial charge in [-0.15, -0.1) is 0 Å². The van der Waals surface area contributed by atoms with E-state index >= 15 is 0 Å². The Kier molecular flexibility index (Phi) is 8.10. The Hall–Kier alpha value is -2.77. The number of ether oxygens (including phenoxy) is 2. The number of aliphatic carboxylic acids is 1. The minimum absolute atomic E-state index is 0.0635. The van der Waals surface area contributed by atoms with Crippen molar-refractivity contribution in [3.63, 3.8) is 0 Å². The van der Waals surface area contributed by atoms with E-state index in [9.17, 15) is 14.4 Å². The van der Waals surface area contributed by atoms with Crippen LogP contribution in [0.15, 0.2) is 18.2 Å². The number of likely N-dealkylation sites (tertiary alicyclic amines) is 1. The highest BCUT2D eigenvalue weighted by molar-refractivity contribution is 5.95. The number of nitrogens with zero attached hydrogens (tertiary/aromatic N) is 1. The summed E-state index contributed by atoms with van der Waals surface area (Å²) in [6, 6.07) is 4.18. The van der Waals surface area contributed by atoms with Crippen LogP contribution in [0.2, 0.25) is 0 Å². The summed E-state index contributed by atoms with van der Waals surface area (Å²) >= 11 is 0. The fraction of sp³-hybridized carbons (Fsp3) is 0.550. The van der Waals surface area contributed by atoms with Crippen LogP contribution in [0.4, 0.5) is 0 Å². The highest BCUT2D eigenvalue weighted by Crippen LogP contribution is 2.28. The first-order valence-electron chi connectivity index (χ1n) is 9.60. The van der Waals surface area contributed by atoms with Crippen molar-refractivity contribution in [1.82, 2.24) is 10.2 Å². The Morgan fingerprint density at radius 2 is 1.86 bits per heavy atom. The first kappa shape index (κ1) is 21.5. The first-order chi connectivity index (χ1) is 13.4. The van der Waals surface area contributed by atoms with Crippen LogP contribution in [0.3, 0.4) is 0 Å². The molecule has 1 aliphatic rings. The van der Waals surface area contributed by atoms with E-state index in [1.54, 1.807) is 24.0 Å². The molecular formula is C20H28N2O6. The molecule has 28 heavy (non-hydrogen) atoms.